The van der Waals surface area contributed by atoms with Gasteiger partial charge < -0.3 is 5.11 Å². The van der Waals surface area contributed by atoms with Crippen LogP contribution in [0.25, 0.3) is 0 Å². The van der Waals surface area contributed by atoms with Crippen LogP contribution in [0, 0.1) is 0 Å². The van der Waals surface area contributed by atoms with E-state index in [2.05, 4.69) is 0 Å². The Kier molecular flexibility index (Phi) is 4.06. The molecule has 78 valence electrons. The number of nitrogens with zero attached hydrogens (tertiary/aromatic N) is 1. The fraction of sp³-hybridized carbons (Fsp3) is 1.00. The molecule has 0 spiro atoms. The van der Waals surface area contributed by atoms with Crippen LogP contribution in [0.5, 0.6) is 0 Å². The fourth-order valence-electron chi connectivity index (χ4n) is 1.67. The van der Waals surface area contributed by atoms with Gasteiger partial charge in [-0.25, -0.2) is 8.78 Å². The van der Waals surface area contributed by atoms with E-state index in [0.29, 0.717) is 0 Å². The zero-order valence-corrected chi connectivity index (χ0v) is 7.81. The van der Waals surface area contributed by atoms with Crippen molar-refractivity contribution in [1.82, 2.24) is 4.90 Å². The molecular weight excluding hydrogens is 176 g/mol. The minimum Gasteiger partial charge on any atom is -0.390 e. The Balaban J connectivity index is 2.33. The molecule has 1 N–H and O–H groups in total. The van der Waals surface area contributed by atoms with Gasteiger partial charge in [-0.15, -0.1) is 0 Å². The Hall–Kier alpha value is -0.220. The number of rotatable bonds is 3. The maximum atomic E-state index is 12.8. The van der Waals surface area contributed by atoms with Crippen LogP contribution in [0.2, 0.25) is 0 Å². The van der Waals surface area contributed by atoms with E-state index in [1.807, 2.05) is 0 Å². The van der Waals surface area contributed by atoms with Crippen molar-refractivity contribution in [1.29, 1.82) is 0 Å². The molecule has 1 fully saturated rings. The summed E-state index contributed by atoms with van der Waals surface area (Å²) in [5.41, 5.74) is 0. The molecule has 0 radical (unpaired) electrons. The normalized spacial score (nSPS) is 21.5. The minimum absolute atomic E-state index is 0.288. The summed E-state index contributed by atoms with van der Waals surface area (Å²) in [6, 6.07) is 0. The highest BCUT2D eigenvalue weighted by Crippen LogP contribution is 2.17. The first-order valence-corrected chi connectivity index (χ1v) is 4.85. The van der Waals surface area contributed by atoms with Crippen LogP contribution in [0.1, 0.15) is 25.7 Å². The number of aliphatic hydroxyl groups is 1. The molecule has 0 atom stereocenters. The lowest BCUT2D eigenvalue weighted by molar-refractivity contribution is -0.0722. The van der Waals surface area contributed by atoms with E-state index in [4.69, 9.17) is 5.11 Å². The summed E-state index contributed by atoms with van der Waals surface area (Å²) in [6.45, 7) is 0.165. The molecule has 0 aromatic rings. The smallest absolute Gasteiger partial charge is 0.283 e. The number of alkyl halides is 2. The molecule has 1 aliphatic heterocycles. The zero-order chi connectivity index (χ0) is 9.73. The van der Waals surface area contributed by atoms with Gasteiger partial charge in [0, 0.05) is 0 Å². The molecule has 1 heterocycles. The molecule has 0 saturated carbocycles. The summed E-state index contributed by atoms with van der Waals surface area (Å²) in [4.78, 5) is 1.75. The Bertz CT molecular complexity index is 145. The Morgan fingerprint density at radius 1 is 1.08 bits per heavy atom. The highest BCUT2D eigenvalue weighted by molar-refractivity contribution is 4.73. The van der Waals surface area contributed by atoms with Gasteiger partial charge in [0.1, 0.15) is 6.61 Å². The van der Waals surface area contributed by atoms with Gasteiger partial charge in [-0.3, -0.25) is 4.90 Å². The van der Waals surface area contributed by atoms with Crippen LogP contribution >= 0.6 is 0 Å². The maximum absolute atomic E-state index is 12.8. The second-order valence-electron chi connectivity index (χ2n) is 3.70. The van der Waals surface area contributed by atoms with Crippen molar-refractivity contribution in [2.24, 2.45) is 0 Å². The molecule has 1 rings (SSSR count). The Morgan fingerprint density at radius 2 is 1.62 bits per heavy atom. The number of hydrogen-bond acceptors (Lipinski definition) is 2. The third-order valence-corrected chi connectivity index (χ3v) is 2.38. The molecule has 13 heavy (non-hydrogen) atoms. The fourth-order valence-corrected chi connectivity index (χ4v) is 1.67. The van der Waals surface area contributed by atoms with E-state index in [1.54, 1.807) is 4.90 Å². The SMILES string of the molecule is OCC(F)(F)CN1CCCCCC1. The molecule has 0 aromatic carbocycles. The molecule has 4 heteroatoms. The van der Waals surface area contributed by atoms with Crippen LogP contribution in [-0.2, 0) is 0 Å². The summed E-state index contributed by atoms with van der Waals surface area (Å²) in [7, 11) is 0. The largest absolute Gasteiger partial charge is 0.390 e. The van der Waals surface area contributed by atoms with E-state index < -0.39 is 12.5 Å². The number of hydrogen-bond donors (Lipinski definition) is 1. The summed E-state index contributed by atoms with van der Waals surface area (Å²) in [5, 5.41) is 8.42. The van der Waals surface area contributed by atoms with Gasteiger partial charge in [0.05, 0.1) is 6.54 Å². The summed E-state index contributed by atoms with van der Waals surface area (Å²) >= 11 is 0. The van der Waals surface area contributed by atoms with Crippen LogP contribution in [0.15, 0.2) is 0 Å². The lowest BCUT2D eigenvalue weighted by Crippen LogP contribution is -2.39. The molecular formula is C9H17F2NO. The number of halogens is 2. The zero-order valence-electron chi connectivity index (χ0n) is 7.81. The van der Waals surface area contributed by atoms with E-state index in [9.17, 15) is 8.78 Å². The lowest BCUT2D eigenvalue weighted by atomic mass is 10.2. The highest BCUT2D eigenvalue weighted by atomic mass is 19.3. The first-order chi connectivity index (χ1) is 6.14. The Labute approximate surface area is 77.5 Å². The molecule has 0 bridgehead atoms. The molecule has 2 nitrogen and oxygen atoms in total. The van der Waals surface area contributed by atoms with Gasteiger partial charge in [-0.1, -0.05) is 12.8 Å². The maximum Gasteiger partial charge on any atom is 0.283 e. The molecule has 0 amide bonds. The predicted octanol–water partition coefficient (Wildman–Crippen LogP) is 1.49. The Morgan fingerprint density at radius 3 is 2.08 bits per heavy atom. The molecule has 0 aromatic heterocycles. The van der Waals surface area contributed by atoms with Crippen LogP contribution in [0.4, 0.5) is 8.78 Å². The van der Waals surface area contributed by atoms with E-state index in [-0.39, 0.29) is 6.54 Å². The van der Waals surface area contributed by atoms with Gasteiger partial charge >= 0.3 is 0 Å². The third kappa shape index (κ3) is 4.00. The van der Waals surface area contributed by atoms with Gasteiger partial charge in [0.25, 0.3) is 5.92 Å². The van der Waals surface area contributed by atoms with Gasteiger partial charge in [0.2, 0.25) is 0 Å². The van der Waals surface area contributed by atoms with Crippen LogP contribution < -0.4 is 0 Å². The summed E-state index contributed by atoms with van der Waals surface area (Å²) < 4.78 is 25.6. The monoisotopic (exact) mass is 193 g/mol. The molecule has 0 unspecified atom stereocenters. The predicted molar refractivity (Wildman–Crippen MR) is 46.9 cm³/mol. The van der Waals surface area contributed by atoms with Crippen molar-refractivity contribution in [2.75, 3.05) is 26.2 Å². The standard InChI is InChI=1S/C9H17F2NO/c10-9(11,8-13)7-12-5-3-1-2-4-6-12/h13H,1-8H2. The minimum atomic E-state index is -2.93. The first-order valence-electron chi connectivity index (χ1n) is 4.85. The topological polar surface area (TPSA) is 23.5 Å². The second kappa shape index (κ2) is 4.86. The molecule has 1 aliphatic rings. The number of aliphatic hydroxyl groups excluding tert-OH is 1. The summed E-state index contributed by atoms with van der Waals surface area (Å²) in [5.74, 6) is -2.93. The highest BCUT2D eigenvalue weighted by Gasteiger charge is 2.30. The second-order valence-corrected chi connectivity index (χ2v) is 3.70. The van der Waals surface area contributed by atoms with E-state index >= 15 is 0 Å². The summed E-state index contributed by atoms with van der Waals surface area (Å²) in [6.07, 6.45) is 4.28. The van der Waals surface area contributed by atoms with Gasteiger partial charge in [-0.2, -0.15) is 0 Å². The van der Waals surface area contributed by atoms with Crippen molar-refractivity contribution in [3.05, 3.63) is 0 Å². The molecule has 0 aliphatic carbocycles. The van der Waals surface area contributed by atoms with Crippen molar-refractivity contribution >= 4 is 0 Å². The first kappa shape index (κ1) is 10.9. The van der Waals surface area contributed by atoms with E-state index in [1.165, 1.54) is 0 Å². The quantitative estimate of drug-likeness (QED) is 0.734. The van der Waals surface area contributed by atoms with Crippen molar-refractivity contribution in [3.63, 3.8) is 0 Å². The van der Waals surface area contributed by atoms with Crippen molar-refractivity contribution < 1.29 is 13.9 Å². The number of likely N-dealkylation sites (tertiary alicyclic amines) is 1. The van der Waals surface area contributed by atoms with Crippen molar-refractivity contribution in [3.8, 4) is 0 Å². The average molecular weight is 193 g/mol. The van der Waals surface area contributed by atoms with Gasteiger partial charge in [0.15, 0.2) is 0 Å². The van der Waals surface area contributed by atoms with Gasteiger partial charge in [-0.05, 0) is 25.9 Å². The molecule has 1 saturated heterocycles. The van der Waals surface area contributed by atoms with E-state index in [0.717, 1.165) is 38.8 Å². The van der Waals surface area contributed by atoms with Crippen LogP contribution in [0.3, 0.4) is 0 Å². The van der Waals surface area contributed by atoms with Crippen LogP contribution in [-0.4, -0.2) is 42.2 Å². The van der Waals surface area contributed by atoms with Crippen molar-refractivity contribution in [2.45, 2.75) is 31.6 Å². The average Bonchev–Trinajstić information content (AvgIpc) is 2.32. The third-order valence-electron chi connectivity index (χ3n) is 2.38. The lowest BCUT2D eigenvalue weighted by Gasteiger charge is -2.24.